The zero-order chi connectivity index (χ0) is 23.8. The molecule has 0 aromatic carbocycles. The van der Waals surface area contributed by atoms with Crippen molar-refractivity contribution in [2.75, 3.05) is 6.54 Å². The van der Waals surface area contributed by atoms with E-state index in [0.29, 0.717) is 0 Å². The van der Waals surface area contributed by atoms with Gasteiger partial charge in [0.2, 0.25) is 5.91 Å². The summed E-state index contributed by atoms with van der Waals surface area (Å²) in [7, 11) is -4.25. The molecular weight excluding hydrogens is 432 g/mol. The summed E-state index contributed by atoms with van der Waals surface area (Å²) in [5.74, 6) is -1.45. The van der Waals surface area contributed by atoms with E-state index in [1.54, 1.807) is 0 Å². The molecule has 10 heteroatoms. The van der Waals surface area contributed by atoms with Crippen molar-refractivity contribution in [1.82, 2.24) is 5.32 Å². The molecule has 0 spiro atoms. The Bertz CT molecular complexity index is 570. The Hall–Kier alpha value is -0.786. The van der Waals surface area contributed by atoms with Gasteiger partial charge in [0.15, 0.2) is 22.7 Å². The molecule has 1 rings (SSSR count). The van der Waals surface area contributed by atoms with Crippen molar-refractivity contribution in [3.8, 4) is 0 Å². The highest BCUT2D eigenvalue weighted by atomic mass is 28.4. The molecule has 1 aliphatic rings. The average molecular weight is 477 g/mol. The smallest absolute Gasteiger partial charge is 0.335 e. The van der Waals surface area contributed by atoms with Crippen molar-refractivity contribution in [2.24, 2.45) is 5.73 Å². The molecule has 0 bridgehead atoms. The fraction of sp³-hybridized carbons (Fsp3) is 0.905. The number of rotatable bonds is 13. The third-order valence-electron chi connectivity index (χ3n) is 7.18. The van der Waals surface area contributed by atoms with Gasteiger partial charge in [0.25, 0.3) is 0 Å². The van der Waals surface area contributed by atoms with Crippen LogP contribution in [0.3, 0.4) is 0 Å². The van der Waals surface area contributed by atoms with Gasteiger partial charge in [-0.15, -0.1) is 0 Å². The number of carbonyl (C=O) groups excluding carboxylic acids is 1. The van der Waals surface area contributed by atoms with Crippen LogP contribution in [-0.2, 0) is 23.2 Å². The summed E-state index contributed by atoms with van der Waals surface area (Å²) in [6.07, 6.45) is -2.97. The number of hydrogen-bond acceptors (Lipinski definition) is 6. The first-order valence-corrected chi connectivity index (χ1v) is 16.9. The summed E-state index contributed by atoms with van der Waals surface area (Å²) in [5.41, 5.74) is 6.06. The third-order valence-corrected chi connectivity index (χ3v) is 16.5. The zero-order valence-corrected chi connectivity index (χ0v) is 22.4. The number of nitrogens with one attached hydrogen (secondary N) is 1. The molecule has 182 valence electrons. The summed E-state index contributed by atoms with van der Waals surface area (Å²) in [6.45, 7) is 14.3. The molecule has 1 heterocycles. The predicted molar refractivity (Wildman–Crippen MR) is 127 cm³/mol. The molecule has 1 amide bonds. The van der Waals surface area contributed by atoms with E-state index in [-0.39, 0.29) is 12.5 Å². The van der Waals surface area contributed by atoms with Gasteiger partial charge in [-0.3, -0.25) is 4.79 Å². The maximum absolute atomic E-state index is 12.1. The lowest BCUT2D eigenvalue weighted by atomic mass is 9.92. The minimum absolute atomic E-state index is 0.127. The third kappa shape index (κ3) is 6.61. The predicted octanol–water partition coefficient (Wildman–Crippen LogP) is 3.08. The Balaban J connectivity index is 3.57. The molecule has 0 saturated carbocycles. The van der Waals surface area contributed by atoms with Crippen LogP contribution in [0.5, 0.6) is 0 Å². The average Bonchev–Trinajstić information content (AvgIpc) is 2.77. The minimum Gasteiger partial charge on any atom is -0.479 e. The minimum atomic E-state index is -2.16. The highest BCUT2D eigenvalue weighted by Gasteiger charge is 2.53. The molecule has 0 aliphatic carbocycles. The van der Waals surface area contributed by atoms with Crippen molar-refractivity contribution in [1.29, 1.82) is 0 Å². The van der Waals surface area contributed by atoms with Gasteiger partial charge in [-0.05, 0) is 36.3 Å². The molecule has 0 radical (unpaired) electrons. The van der Waals surface area contributed by atoms with Crippen LogP contribution in [0.2, 0.25) is 36.3 Å². The number of hydrogen-bond donors (Lipinski definition) is 3. The summed E-state index contributed by atoms with van der Waals surface area (Å²) < 4.78 is 19.7. The van der Waals surface area contributed by atoms with Crippen LogP contribution < -0.4 is 11.1 Å². The first-order chi connectivity index (χ1) is 14.6. The zero-order valence-electron chi connectivity index (χ0n) is 20.4. The quantitative estimate of drug-likeness (QED) is 0.349. The lowest BCUT2D eigenvalue weighted by Crippen LogP contribution is -2.70. The van der Waals surface area contributed by atoms with E-state index in [2.05, 4.69) is 46.9 Å². The number of nitrogens with two attached hydrogens (primary N) is 1. The van der Waals surface area contributed by atoms with E-state index in [4.69, 9.17) is 19.3 Å². The molecular formula is C21H44N2O6Si2. The van der Waals surface area contributed by atoms with Crippen molar-refractivity contribution in [3.63, 3.8) is 0 Å². The van der Waals surface area contributed by atoms with Crippen molar-refractivity contribution < 1.29 is 28.3 Å². The molecule has 0 aromatic rings. The number of carbonyl (C=O) groups is 2. The monoisotopic (exact) mass is 476 g/mol. The fourth-order valence-electron chi connectivity index (χ4n) is 4.59. The number of ether oxygens (including phenoxy) is 1. The fourth-order valence-corrected chi connectivity index (χ4v) is 10.3. The van der Waals surface area contributed by atoms with Crippen molar-refractivity contribution in [2.45, 2.75) is 115 Å². The topological polar surface area (TPSA) is 120 Å². The summed E-state index contributed by atoms with van der Waals surface area (Å²) in [6, 6.07) is 4.68. The molecule has 8 nitrogen and oxygen atoms in total. The van der Waals surface area contributed by atoms with Gasteiger partial charge in [0.05, 0.1) is 24.4 Å². The van der Waals surface area contributed by atoms with Gasteiger partial charge in [-0.2, -0.15) is 0 Å². The molecule has 4 N–H and O–H groups in total. The second-order valence-corrected chi connectivity index (χ2v) is 18.0. The number of amides is 1. The van der Waals surface area contributed by atoms with Gasteiger partial charge in [-0.25, -0.2) is 4.79 Å². The van der Waals surface area contributed by atoms with Gasteiger partial charge in [-0.1, -0.05) is 41.5 Å². The standard InChI is InChI=1S/C21H44N2O6Si2/c1-8-30(9-2,10-3)28-18-16(14-22)27-20(21(25)26)17(23-15(7)24)19(18)29-31(11-4,12-5)13-6/h16-20H,8-14,22H2,1-7H3,(H,23,24)(H,25,26)/t16-,17-,18-,19-,20-/m1/s1. The van der Waals surface area contributed by atoms with Crippen LogP contribution >= 0.6 is 0 Å². The Morgan fingerprint density at radius 2 is 1.32 bits per heavy atom. The lowest BCUT2D eigenvalue weighted by Gasteiger charge is -2.50. The number of carboxylic acid groups (broad SMARTS) is 1. The molecule has 31 heavy (non-hydrogen) atoms. The number of carboxylic acids is 1. The maximum atomic E-state index is 12.1. The van der Waals surface area contributed by atoms with Crippen LogP contribution in [0, 0.1) is 0 Å². The highest BCUT2D eigenvalue weighted by Crippen LogP contribution is 2.35. The summed E-state index contributed by atoms with van der Waals surface area (Å²) >= 11 is 0. The number of aliphatic carboxylic acids is 1. The second-order valence-electron chi connectivity index (χ2n) is 8.55. The van der Waals surface area contributed by atoms with Gasteiger partial charge < -0.3 is 29.7 Å². The van der Waals surface area contributed by atoms with E-state index >= 15 is 0 Å². The molecule has 5 atom stereocenters. The Labute approximate surface area is 189 Å². The van der Waals surface area contributed by atoms with Crippen LogP contribution in [-0.4, -0.2) is 70.6 Å². The van der Waals surface area contributed by atoms with Gasteiger partial charge in [0, 0.05) is 13.5 Å². The van der Waals surface area contributed by atoms with E-state index < -0.39 is 53.1 Å². The SMILES string of the molecule is CC[Si](CC)(CC)O[C@@H]1[C@@H](NC(C)=O)[C@H](C(=O)O)O[C@H](CN)[C@H]1O[Si](CC)(CC)CC. The highest BCUT2D eigenvalue weighted by molar-refractivity contribution is 6.74. The van der Waals surface area contributed by atoms with Gasteiger partial charge >= 0.3 is 5.97 Å². The van der Waals surface area contributed by atoms with Crippen LogP contribution in [0.15, 0.2) is 0 Å². The molecule has 1 saturated heterocycles. The Morgan fingerprint density at radius 3 is 1.65 bits per heavy atom. The largest absolute Gasteiger partial charge is 0.479 e. The van der Waals surface area contributed by atoms with Crippen molar-refractivity contribution in [3.05, 3.63) is 0 Å². The lowest BCUT2D eigenvalue weighted by molar-refractivity contribution is -0.192. The Morgan fingerprint density at radius 1 is 0.903 bits per heavy atom. The molecule has 1 aliphatic heterocycles. The second kappa shape index (κ2) is 12.5. The van der Waals surface area contributed by atoms with Crippen LogP contribution in [0.4, 0.5) is 0 Å². The van der Waals surface area contributed by atoms with E-state index in [1.165, 1.54) is 6.92 Å². The van der Waals surface area contributed by atoms with E-state index in [0.717, 1.165) is 36.3 Å². The summed E-state index contributed by atoms with van der Waals surface area (Å²) in [4.78, 5) is 24.1. The Kier molecular flexibility index (Phi) is 11.3. The van der Waals surface area contributed by atoms with E-state index in [9.17, 15) is 14.7 Å². The van der Waals surface area contributed by atoms with Crippen molar-refractivity contribution >= 4 is 28.5 Å². The van der Waals surface area contributed by atoms with E-state index in [1.807, 2.05) is 0 Å². The summed E-state index contributed by atoms with van der Waals surface area (Å²) in [5, 5.41) is 12.7. The first kappa shape index (κ1) is 28.2. The first-order valence-electron chi connectivity index (χ1n) is 11.8. The normalized spacial score (nSPS) is 27.2. The maximum Gasteiger partial charge on any atom is 0.335 e. The van der Waals surface area contributed by atoms with Gasteiger partial charge in [0.1, 0.15) is 0 Å². The van der Waals surface area contributed by atoms with Crippen LogP contribution in [0.1, 0.15) is 48.5 Å². The molecule has 0 aromatic heterocycles. The molecule has 1 fully saturated rings. The van der Waals surface area contributed by atoms with Crippen LogP contribution in [0.25, 0.3) is 0 Å². The molecule has 0 unspecified atom stereocenters.